The molecule has 0 aliphatic heterocycles. The topological polar surface area (TPSA) is 58.9 Å². The zero-order valence-electron chi connectivity index (χ0n) is 6.82. The van der Waals surface area contributed by atoms with Crippen molar-refractivity contribution in [2.45, 2.75) is 19.6 Å². The fraction of sp³-hybridized carbons (Fsp3) is 1.00. The molecule has 0 heterocycles. The molecular weight excluding hydrogens is 148 g/mol. The molecule has 1 atom stereocenters. The molecule has 0 amide bonds. The SMILES string of the molecule is CC(O)OCCCOCCO. The lowest BCUT2D eigenvalue weighted by Crippen LogP contribution is -2.10. The summed E-state index contributed by atoms with van der Waals surface area (Å²) in [5.74, 6) is 0. The van der Waals surface area contributed by atoms with Gasteiger partial charge < -0.3 is 19.7 Å². The first-order chi connectivity index (χ1) is 5.27. The summed E-state index contributed by atoms with van der Waals surface area (Å²) in [7, 11) is 0. The quantitative estimate of drug-likeness (QED) is 0.402. The van der Waals surface area contributed by atoms with Gasteiger partial charge in [0.05, 0.1) is 19.8 Å². The van der Waals surface area contributed by atoms with Crippen LogP contribution in [0.3, 0.4) is 0 Å². The summed E-state index contributed by atoms with van der Waals surface area (Å²) < 4.78 is 9.79. The number of hydrogen-bond acceptors (Lipinski definition) is 4. The first-order valence-electron chi connectivity index (χ1n) is 3.75. The van der Waals surface area contributed by atoms with Crippen molar-refractivity contribution in [2.24, 2.45) is 0 Å². The predicted molar refractivity (Wildman–Crippen MR) is 40.2 cm³/mol. The van der Waals surface area contributed by atoms with Gasteiger partial charge >= 0.3 is 0 Å². The average Bonchev–Trinajstić information content (AvgIpc) is 1.96. The standard InChI is InChI=1S/C7H16O4/c1-7(9)11-5-2-4-10-6-3-8/h7-9H,2-6H2,1H3. The van der Waals surface area contributed by atoms with Gasteiger partial charge in [-0.2, -0.15) is 0 Å². The predicted octanol–water partition coefficient (Wildman–Crippen LogP) is -0.260. The number of ether oxygens (including phenoxy) is 2. The maximum absolute atomic E-state index is 8.65. The summed E-state index contributed by atoms with van der Waals surface area (Å²) in [4.78, 5) is 0. The van der Waals surface area contributed by atoms with Crippen molar-refractivity contribution in [2.75, 3.05) is 26.4 Å². The Kier molecular flexibility index (Phi) is 7.83. The molecule has 11 heavy (non-hydrogen) atoms. The van der Waals surface area contributed by atoms with Crippen LogP contribution in [0.25, 0.3) is 0 Å². The molecule has 1 unspecified atom stereocenters. The van der Waals surface area contributed by atoms with E-state index in [-0.39, 0.29) is 6.61 Å². The lowest BCUT2D eigenvalue weighted by molar-refractivity contribution is -0.0894. The molecule has 0 fully saturated rings. The molecule has 0 spiro atoms. The van der Waals surface area contributed by atoms with Crippen LogP contribution in [-0.2, 0) is 9.47 Å². The molecule has 0 saturated carbocycles. The van der Waals surface area contributed by atoms with E-state index in [0.29, 0.717) is 19.8 Å². The second-order valence-electron chi connectivity index (χ2n) is 2.16. The van der Waals surface area contributed by atoms with Crippen LogP contribution < -0.4 is 0 Å². The van der Waals surface area contributed by atoms with Gasteiger partial charge in [0.1, 0.15) is 0 Å². The Morgan fingerprint density at radius 1 is 1.27 bits per heavy atom. The first kappa shape index (κ1) is 10.8. The molecule has 0 aliphatic carbocycles. The van der Waals surface area contributed by atoms with Crippen LogP contribution in [0.2, 0.25) is 0 Å². The minimum atomic E-state index is -0.701. The molecule has 0 aromatic carbocycles. The van der Waals surface area contributed by atoms with E-state index in [9.17, 15) is 0 Å². The Labute approximate surface area is 66.7 Å². The smallest absolute Gasteiger partial charge is 0.151 e. The summed E-state index contributed by atoms with van der Waals surface area (Å²) in [6, 6.07) is 0. The van der Waals surface area contributed by atoms with Crippen LogP contribution >= 0.6 is 0 Å². The molecule has 0 rings (SSSR count). The Bertz CT molecular complexity index is 74.8. The average molecular weight is 164 g/mol. The van der Waals surface area contributed by atoms with E-state index in [4.69, 9.17) is 19.7 Å². The second-order valence-corrected chi connectivity index (χ2v) is 2.16. The van der Waals surface area contributed by atoms with Crippen LogP contribution in [0.1, 0.15) is 13.3 Å². The Hall–Kier alpha value is -0.160. The van der Waals surface area contributed by atoms with Crippen LogP contribution in [0.15, 0.2) is 0 Å². The zero-order chi connectivity index (χ0) is 8.53. The van der Waals surface area contributed by atoms with Crippen molar-refractivity contribution < 1.29 is 19.7 Å². The van der Waals surface area contributed by atoms with Crippen molar-refractivity contribution in [3.63, 3.8) is 0 Å². The number of rotatable bonds is 7. The van der Waals surface area contributed by atoms with Crippen molar-refractivity contribution in [1.29, 1.82) is 0 Å². The minimum absolute atomic E-state index is 0.0528. The fourth-order valence-corrected chi connectivity index (χ4v) is 0.581. The normalized spacial score (nSPS) is 13.4. The third-order valence-corrected chi connectivity index (χ3v) is 1.03. The van der Waals surface area contributed by atoms with E-state index in [0.717, 1.165) is 6.42 Å². The maximum Gasteiger partial charge on any atom is 0.151 e. The molecule has 2 N–H and O–H groups in total. The summed E-state index contributed by atoms with van der Waals surface area (Å²) in [6.45, 7) is 3.04. The summed E-state index contributed by atoms with van der Waals surface area (Å²) in [6.07, 6.45) is 0.0399. The van der Waals surface area contributed by atoms with Gasteiger partial charge in [-0.3, -0.25) is 0 Å². The van der Waals surface area contributed by atoms with Gasteiger partial charge in [-0.25, -0.2) is 0 Å². The summed E-state index contributed by atoms with van der Waals surface area (Å²) in [5, 5.41) is 17.0. The lowest BCUT2D eigenvalue weighted by atomic mass is 10.5. The van der Waals surface area contributed by atoms with E-state index < -0.39 is 6.29 Å². The highest BCUT2D eigenvalue weighted by molar-refractivity contribution is 4.35. The van der Waals surface area contributed by atoms with E-state index in [2.05, 4.69) is 0 Å². The molecule has 4 nitrogen and oxygen atoms in total. The fourth-order valence-electron chi connectivity index (χ4n) is 0.581. The van der Waals surface area contributed by atoms with E-state index in [1.807, 2.05) is 0 Å². The highest BCUT2D eigenvalue weighted by Gasteiger charge is 1.93. The molecule has 0 bridgehead atoms. The van der Waals surface area contributed by atoms with Gasteiger partial charge in [0.15, 0.2) is 6.29 Å². The van der Waals surface area contributed by atoms with Crippen LogP contribution in [0.5, 0.6) is 0 Å². The van der Waals surface area contributed by atoms with Crippen molar-refractivity contribution >= 4 is 0 Å². The third kappa shape index (κ3) is 9.84. The Morgan fingerprint density at radius 2 is 2.00 bits per heavy atom. The van der Waals surface area contributed by atoms with Crippen molar-refractivity contribution in [3.05, 3.63) is 0 Å². The summed E-state index contributed by atoms with van der Waals surface area (Å²) >= 11 is 0. The zero-order valence-corrected chi connectivity index (χ0v) is 6.82. The van der Waals surface area contributed by atoms with Gasteiger partial charge in [0.2, 0.25) is 0 Å². The molecule has 0 aromatic heterocycles. The molecule has 0 aliphatic rings. The number of aliphatic hydroxyl groups is 2. The highest BCUT2D eigenvalue weighted by atomic mass is 16.6. The largest absolute Gasteiger partial charge is 0.394 e. The van der Waals surface area contributed by atoms with Gasteiger partial charge in [0.25, 0.3) is 0 Å². The monoisotopic (exact) mass is 164 g/mol. The van der Waals surface area contributed by atoms with E-state index in [1.54, 1.807) is 6.92 Å². The number of aliphatic hydroxyl groups excluding tert-OH is 2. The van der Waals surface area contributed by atoms with Gasteiger partial charge in [-0.1, -0.05) is 0 Å². The molecule has 0 radical (unpaired) electrons. The summed E-state index contributed by atoms with van der Waals surface area (Å²) in [5.41, 5.74) is 0. The Balaban J connectivity index is 2.80. The highest BCUT2D eigenvalue weighted by Crippen LogP contribution is 1.88. The van der Waals surface area contributed by atoms with Crippen LogP contribution in [-0.4, -0.2) is 42.9 Å². The van der Waals surface area contributed by atoms with E-state index >= 15 is 0 Å². The molecule has 4 heteroatoms. The third-order valence-electron chi connectivity index (χ3n) is 1.03. The van der Waals surface area contributed by atoms with Gasteiger partial charge in [-0.15, -0.1) is 0 Å². The second kappa shape index (κ2) is 7.94. The van der Waals surface area contributed by atoms with E-state index in [1.165, 1.54) is 0 Å². The molecule has 0 saturated heterocycles. The lowest BCUT2D eigenvalue weighted by Gasteiger charge is -2.05. The van der Waals surface area contributed by atoms with Gasteiger partial charge in [0, 0.05) is 6.61 Å². The van der Waals surface area contributed by atoms with Gasteiger partial charge in [-0.05, 0) is 13.3 Å². The molecular formula is C7H16O4. The molecule has 0 aromatic rings. The van der Waals surface area contributed by atoms with Crippen molar-refractivity contribution in [3.8, 4) is 0 Å². The van der Waals surface area contributed by atoms with Crippen LogP contribution in [0, 0.1) is 0 Å². The van der Waals surface area contributed by atoms with Crippen molar-refractivity contribution in [1.82, 2.24) is 0 Å². The Morgan fingerprint density at radius 3 is 2.55 bits per heavy atom. The number of hydrogen-bond donors (Lipinski definition) is 2. The first-order valence-corrected chi connectivity index (χ1v) is 3.75. The maximum atomic E-state index is 8.65. The minimum Gasteiger partial charge on any atom is -0.394 e. The molecule has 68 valence electrons. The van der Waals surface area contributed by atoms with Crippen LogP contribution in [0.4, 0.5) is 0 Å².